The quantitative estimate of drug-likeness (QED) is 0.831. The summed E-state index contributed by atoms with van der Waals surface area (Å²) in [4.78, 5) is 16.6. The highest BCUT2D eigenvalue weighted by Crippen LogP contribution is 2.24. The maximum absolute atomic E-state index is 12.6. The summed E-state index contributed by atoms with van der Waals surface area (Å²) in [6.07, 6.45) is 3.19. The van der Waals surface area contributed by atoms with Crippen molar-refractivity contribution in [2.45, 2.75) is 38.1 Å². The van der Waals surface area contributed by atoms with E-state index in [1.165, 1.54) is 6.42 Å². The van der Waals surface area contributed by atoms with Crippen LogP contribution in [0.4, 0.5) is 0 Å². The van der Waals surface area contributed by atoms with Crippen LogP contribution in [0.5, 0.6) is 0 Å². The zero-order valence-electron chi connectivity index (χ0n) is 13.8. The number of ether oxygens (including phenoxy) is 2. The van der Waals surface area contributed by atoms with Gasteiger partial charge in [0.1, 0.15) is 0 Å². The molecule has 0 spiro atoms. The Morgan fingerprint density at radius 1 is 1.22 bits per heavy atom. The molecule has 1 aromatic carbocycles. The van der Waals surface area contributed by atoms with Gasteiger partial charge in [0, 0.05) is 13.6 Å². The van der Waals surface area contributed by atoms with Crippen LogP contribution in [-0.4, -0.2) is 61.4 Å². The molecule has 0 radical (unpaired) electrons. The molecule has 5 nitrogen and oxygen atoms in total. The molecule has 1 amide bonds. The molecule has 0 aromatic heterocycles. The molecule has 0 saturated carbocycles. The Morgan fingerprint density at radius 3 is 2.70 bits per heavy atom. The van der Waals surface area contributed by atoms with Crippen molar-refractivity contribution >= 4 is 5.91 Å². The first-order valence-corrected chi connectivity index (χ1v) is 8.49. The molecule has 1 aromatic rings. The molecular formula is C18H26N2O3. The van der Waals surface area contributed by atoms with Crippen molar-refractivity contribution in [2.24, 2.45) is 0 Å². The molecule has 2 heterocycles. The van der Waals surface area contributed by atoms with E-state index >= 15 is 0 Å². The number of hydrogen-bond donors (Lipinski definition) is 0. The molecule has 2 saturated heterocycles. The Labute approximate surface area is 138 Å². The van der Waals surface area contributed by atoms with Crippen molar-refractivity contribution < 1.29 is 14.3 Å². The van der Waals surface area contributed by atoms with Crippen LogP contribution in [0, 0.1) is 0 Å². The number of piperidine rings is 1. The van der Waals surface area contributed by atoms with Crippen molar-refractivity contribution in [3.05, 3.63) is 35.9 Å². The fourth-order valence-corrected chi connectivity index (χ4v) is 3.36. The highest BCUT2D eigenvalue weighted by atomic mass is 16.7. The van der Waals surface area contributed by atoms with E-state index in [1.807, 2.05) is 37.4 Å². The predicted molar refractivity (Wildman–Crippen MR) is 87.8 cm³/mol. The topological polar surface area (TPSA) is 42.0 Å². The first-order chi connectivity index (χ1) is 11.2. The predicted octanol–water partition coefficient (Wildman–Crippen LogP) is 1.87. The van der Waals surface area contributed by atoms with Crippen LogP contribution < -0.4 is 0 Å². The first kappa shape index (κ1) is 16.4. The van der Waals surface area contributed by atoms with Crippen LogP contribution in [-0.2, 0) is 20.8 Å². The Kier molecular flexibility index (Phi) is 5.65. The molecule has 3 rings (SSSR count). The van der Waals surface area contributed by atoms with E-state index in [1.54, 1.807) is 4.90 Å². The van der Waals surface area contributed by atoms with E-state index in [-0.39, 0.29) is 18.2 Å². The van der Waals surface area contributed by atoms with Gasteiger partial charge in [-0.3, -0.25) is 9.69 Å². The average molecular weight is 318 g/mol. The van der Waals surface area contributed by atoms with Gasteiger partial charge in [-0.25, -0.2) is 0 Å². The summed E-state index contributed by atoms with van der Waals surface area (Å²) in [6, 6.07) is 10.3. The molecule has 0 bridgehead atoms. The molecule has 23 heavy (non-hydrogen) atoms. The Balaban J connectivity index is 1.56. The van der Waals surface area contributed by atoms with E-state index in [2.05, 4.69) is 4.90 Å². The Bertz CT molecular complexity index is 502. The van der Waals surface area contributed by atoms with E-state index < -0.39 is 0 Å². The van der Waals surface area contributed by atoms with Crippen LogP contribution in [0.15, 0.2) is 30.3 Å². The zero-order chi connectivity index (χ0) is 16.1. The van der Waals surface area contributed by atoms with Crippen molar-refractivity contribution in [3.63, 3.8) is 0 Å². The van der Waals surface area contributed by atoms with Crippen molar-refractivity contribution in [3.8, 4) is 0 Å². The molecule has 1 unspecified atom stereocenters. The van der Waals surface area contributed by atoms with Crippen LogP contribution in [0.25, 0.3) is 0 Å². The van der Waals surface area contributed by atoms with Gasteiger partial charge in [0.15, 0.2) is 6.29 Å². The van der Waals surface area contributed by atoms with Gasteiger partial charge in [0.2, 0.25) is 5.91 Å². The second-order valence-corrected chi connectivity index (χ2v) is 6.38. The third-order valence-corrected chi connectivity index (χ3v) is 4.65. The van der Waals surface area contributed by atoms with Gasteiger partial charge >= 0.3 is 0 Å². The zero-order valence-corrected chi connectivity index (χ0v) is 13.8. The van der Waals surface area contributed by atoms with Crippen molar-refractivity contribution in [1.82, 2.24) is 9.80 Å². The Hall–Kier alpha value is -1.43. The highest BCUT2D eigenvalue weighted by molar-refractivity contribution is 5.78. The molecule has 2 aliphatic rings. The second-order valence-electron chi connectivity index (χ2n) is 6.38. The number of carbonyl (C=O) groups is 1. The molecule has 2 fully saturated rings. The summed E-state index contributed by atoms with van der Waals surface area (Å²) in [5, 5.41) is 0. The SMILES string of the molecule is CN(Cc1ccccc1)C(=O)CN1CCCCC1C1OCCO1. The monoisotopic (exact) mass is 318 g/mol. The van der Waals surface area contributed by atoms with Crippen molar-refractivity contribution in [1.29, 1.82) is 0 Å². The smallest absolute Gasteiger partial charge is 0.236 e. The van der Waals surface area contributed by atoms with Crippen LogP contribution in [0.1, 0.15) is 24.8 Å². The summed E-state index contributed by atoms with van der Waals surface area (Å²) in [7, 11) is 1.87. The van der Waals surface area contributed by atoms with Gasteiger partial charge in [-0.2, -0.15) is 0 Å². The fourth-order valence-electron chi connectivity index (χ4n) is 3.36. The molecule has 126 valence electrons. The first-order valence-electron chi connectivity index (χ1n) is 8.49. The number of likely N-dealkylation sites (N-methyl/N-ethyl adjacent to an activating group) is 1. The average Bonchev–Trinajstić information content (AvgIpc) is 3.10. The molecule has 5 heteroatoms. The van der Waals surface area contributed by atoms with E-state index in [0.717, 1.165) is 24.9 Å². The Morgan fingerprint density at radius 2 is 1.96 bits per heavy atom. The molecule has 0 aliphatic carbocycles. The third kappa shape index (κ3) is 4.31. The second kappa shape index (κ2) is 7.90. The van der Waals surface area contributed by atoms with E-state index in [4.69, 9.17) is 9.47 Å². The largest absolute Gasteiger partial charge is 0.349 e. The maximum atomic E-state index is 12.6. The number of nitrogens with zero attached hydrogens (tertiary/aromatic N) is 2. The highest BCUT2D eigenvalue weighted by Gasteiger charge is 2.34. The van der Waals surface area contributed by atoms with Gasteiger partial charge in [0.05, 0.1) is 25.8 Å². The summed E-state index contributed by atoms with van der Waals surface area (Å²) in [5.41, 5.74) is 1.15. The summed E-state index contributed by atoms with van der Waals surface area (Å²) < 4.78 is 11.3. The lowest BCUT2D eigenvalue weighted by Gasteiger charge is -2.38. The van der Waals surface area contributed by atoms with Gasteiger partial charge in [-0.05, 0) is 24.9 Å². The number of likely N-dealkylation sites (tertiary alicyclic amines) is 1. The van der Waals surface area contributed by atoms with Crippen LogP contribution >= 0.6 is 0 Å². The summed E-state index contributed by atoms with van der Waals surface area (Å²) in [6.45, 7) is 3.36. The number of hydrogen-bond acceptors (Lipinski definition) is 4. The van der Waals surface area contributed by atoms with Crippen molar-refractivity contribution in [2.75, 3.05) is 33.4 Å². The maximum Gasteiger partial charge on any atom is 0.236 e. The lowest BCUT2D eigenvalue weighted by Crippen LogP contribution is -2.51. The minimum Gasteiger partial charge on any atom is -0.349 e. The van der Waals surface area contributed by atoms with Gasteiger partial charge in [-0.1, -0.05) is 36.8 Å². The molecular weight excluding hydrogens is 292 g/mol. The molecule has 2 aliphatic heterocycles. The fraction of sp³-hybridized carbons (Fsp3) is 0.611. The minimum absolute atomic E-state index is 0.152. The normalized spacial score (nSPS) is 23.1. The standard InChI is InChI=1S/C18H26N2O3/c1-19(13-15-7-3-2-4-8-15)17(21)14-20-10-6-5-9-16(20)18-22-11-12-23-18/h2-4,7-8,16,18H,5-6,9-14H2,1H3. The number of rotatable bonds is 5. The van der Waals surface area contributed by atoms with Crippen LogP contribution in [0.2, 0.25) is 0 Å². The molecule has 1 atom stereocenters. The summed E-state index contributed by atoms with van der Waals surface area (Å²) in [5.74, 6) is 0.152. The third-order valence-electron chi connectivity index (χ3n) is 4.65. The van der Waals surface area contributed by atoms with E-state index in [0.29, 0.717) is 26.3 Å². The number of carbonyl (C=O) groups excluding carboxylic acids is 1. The number of benzene rings is 1. The summed E-state index contributed by atoms with van der Waals surface area (Å²) >= 11 is 0. The number of amides is 1. The lowest BCUT2D eigenvalue weighted by molar-refractivity contribution is -0.139. The molecule has 0 N–H and O–H groups in total. The van der Waals surface area contributed by atoms with Gasteiger partial charge in [-0.15, -0.1) is 0 Å². The van der Waals surface area contributed by atoms with Gasteiger partial charge in [0.25, 0.3) is 0 Å². The lowest BCUT2D eigenvalue weighted by atomic mass is 10.0. The minimum atomic E-state index is -0.164. The van der Waals surface area contributed by atoms with Crippen LogP contribution in [0.3, 0.4) is 0 Å². The van der Waals surface area contributed by atoms with E-state index in [9.17, 15) is 4.79 Å². The van der Waals surface area contributed by atoms with Gasteiger partial charge < -0.3 is 14.4 Å².